The van der Waals surface area contributed by atoms with Crippen LogP contribution in [0.3, 0.4) is 0 Å². The Morgan fingerprint density at radius 2 is 1.94 bits per heavy atom. The molecule has 3 rings (SSSR count). The number of guanidine groups is 1. The first kappa shape index (κ1) is 26.2. The highest BCUT2D eigenvalue weighted by Crippen LogP contribution is 2.31. The zero-order valence-corrected chi connectivity index (χ0v) is 19.1. The summed E-state index contributed by atoms with van der Waals surface area (Å²) in [4.78, 5) is 9.75. The van der Waals surface area contributed by atoms with Crippen molar-refractivity contribution in [1.29, 1.82) is 0 Å². The second-order valence-corrected chi connectivity index (χ2v) is 7.85. The number of hydrogen-bond acceptors (Lipinski definition) is 6. The molecular formula is C24H30F3N3O3. The number of hydrogen-bond donors (Lipinski definition) is 2. The zero-order chi connectivity index (χ0) is 24.5. The van der Waals surface area contributed by atoms with Gasteiger partial charge in [-0.05, 0) is 50.5 Å². The molecule has 0 spiro atoms. The largest absolute Gasteiger partial charge is 0.488 e. The highest BCUT2D eigenvalue weighted by atomic mass is 19.2. The summed E-state index contributed by atoms with van der Waals surface area (Å²) in [7, 11) is 1.60. The summed E-state index contributed by atoms with van der Waals surface area (Å²) in [6.07, 6.45) is 0.679. The molecule has 9 heteroatoms. The second kappa shape index (κ2) is 12.3. The summed E-state index contributed by atoms with van der Waals surface area (Å²) in [5.74, 6) is -2.67. The molecule has 0 fully saturated rings. The molecule has 3 N–H and O–H groups in total. The standard InChI is InChI=1S/C20H22F3N3O3.C4H8/c1-26-20(24)25-10-13-7-12(16-8-14(21)9-17(22)19(16)23)4-5-18(13)29-15(11-28-26)3-2-6-27;1-4(2)3/h4-5,7-9,15,27H,2-3,6,10-11H2,1H3,(H2,24,25);1H2,2-3H3/t15-;/m1./s1. The van der Waals surface area contributed by atoms with E-state index in [9.17, 15) is 13.2 Å². The molecule has 0 bridgehead atoms. The van der Waals surface area contributed by atoms with Crippen LogP contribution in [0, 0.1) is 17.5 Å². The Labute approximate surface area is 192 Å². The van der Waals surface area contributed by atoms with Gasteiger partial charge in [-0.25, -0.2) is 23.2 Å². The lowest BCUT2D eigenvalue weighted by Crippen LogP contribution is -2.38. The van der Waals surface area contributed by atoms with E-state index in [2.05, 4.69) is 11.6 Å². The number of nitrogens with two attached hydrogens (primary N) is 1. The molecule has 1 heterocycles. The minimum atomic E-state index is -1.26. The van der Waals surface area contributed by atoms with E-state index < -0.39 is 17.5 Å². The fourth-order valence-electron chi connectivity index (χ4n) is 2.95. The minimum Gasteiger partial charge on any atom is -0.488 e. The summed E-state index contributed by atoms with van der Waals surface area (Å²) < 4.78 is 47.5. The van der Waals surface area contributed by atoms with Crippen LogP contribution in [0.2, 0.25) is 0 Å². The van der Waals surface area contributed by atoms with Gasteiger partial charge in [0.2, 0.25) is 5.96 Å². The van der Waals surface area contributed by atoms with E-state index in [0.29, 0.717) is 30.2 Å². The first-order valence-corrected chi connectivity index (χ1v) is 10.5. The van der Waals surface area contributed by atoms with Gasteiger partial charge in [0.15, 0.2) is 11.6 Å². The Morgan fingerprint density at radius 3 is 2.61 bits per heavy atom. The number of benzene rings is 2. The van der Waals surface area contributed by atoms with Crippen molar-refractivity contribution >= 4 is 5.96 Å². The van der Waals surface area contributed by atoms with Crippen LogP contribution in [0.5, 0.6) is 5.75 Å². The van der Waals surface area contributed by atoms with Crippen molar-refractivity contribution in [3.8, 4) is 16.9 Å². The number of nitrogens with zero attached hydrogens (tertiary/aromatic N) is 2. The quantitative estimate of drug-likeness (QED) is 0.511. The summed E-state index contributed by atoms with van der Waals surface area (Å²) in [6, 6.07) is 6.11. The van der Waals surface area contributed by atoms with Crippen LogP contribution >= 0.6 is 0 Å². The molecule has 2 aromatic rings. The van der Waals surface area contributed by atoms with Crippen LogP contribution < -0.4 is 10.5 Å². The number of rotatable bonds is 4. The van der Waals surface area contributed by atoms with Crippen molar-refractivity contribution in [2.24, 2.45) is 10.7 Å². The maximum absolute atomic E-state index is 14.2. The first-order chi connectivity index (χ1) is 15.6. The smallest absolute Gasteiger partial charge is 0.215 e. The van der Waals surface area contributed by atoms with Crippen LogP contribution in [0.1, 0.15) is 32.3 Å². The second-order valence-electron chi connectivity index (χ2n) is 7.85. The predicted molar refractivity (Wildman–Crippen MR) is 122 cm³/mol. The normalized spacial score (nSPS) is 16.0. The minimum absolute atomic E-state index is 0.00943. The highest BCUT2D eigenvalue weighted by Gasteiger charge is 2.19. The van der Waals surface area contributed by atoms with Gasteiger partial charge in [-0.3, -0.25) is 4.84 Å². The number of hydroxylamine groups is 2. The van der Waals surface area contributed by atoms with Crippen LogP contribution in [-0.4, -0.2) is 42.5 Å². The molecule has 2 aromatic carbocycles. The molecule has 1 aliphatic rings. The van der Waals surface area contributed by atoms with Gasteiger partial charge >= 0.3 is 0 Å². The number of aliphatic imine (C=N–C) groups is 1. The summed E-state index contributed by atoms with van der Waals surface area (Å²) in [5.41, 5.74) is 7.72. The molecule has 0 unspecified atom stereocenters. The van der Waals surface area contributed by atoms with E-state index in [1.165, 1.54) is 16.7 Å². The van der Waals surface area contributed by atoms with Crippen molar-refractivity contribution in [1.82, 2.24) is 5.06 Å². The van der Waals surface area contributed by atoms with Crippen molar-refractivity contribution in [2.75, 3.05) is 20.3 Å². The number of aliphatic hydroxyl groups excluding tert-OH is 1. The van der Waals surface area contributed by atoms with Gasteiger partial charge in [0.05, 0.1) is 6.54 Å². The fourth-order valence-corrected chi connectivity index (χ4v) is 2.95. The Hall–Kier alpha value is -3.04. The van der Waals surface area contributed by atoms with E-state index in [1.54, 1.807) is 19.2 Å². The molecule has 0 saturated heterocycles. The lowest BCUT2D eigenvalue weighted by atomic mass is 10.0. The number of halogens is 3. The molecule has 6 nitrogen and oxygen atoms in total. The average Bonchev–Trinajstić information content (AvgIpc) is 2.75. The zero-order valence-electron chi connectivity index (χ0n) is 19.1. The van der Waals surface area contributed by atoms with Crippen molar-refractivity contribution in [3.05, 3.63) is 65.5 Å². The molecule has 0 aliphatic carbocycles. The van der Waals surface area contributed by atoms with E-state index in [-0.39, 0.29) is 42.9 Å². The van der Waals surface area contributed by atoms with Crippen LogP contribution in [0.25, 0.3) is 11.1 Å². The van der Waals surface area contributed by atoms with E-state index in [0.717, 1.165) is 6.07 Å². The molecule has 1 aliphatic heterocycles. The molecular weight excluding hydrogens is 435 g/mol. The number of allylic oxidation sites excluding steroid dienone is 1. The monoisotopic (exact) mass is 465 g/mol. The first-order valence-electron chi connectivity index (χ1n) is 10.5. The fraction of sp³-hybridized carbons (Fsp3) is 0.375. The maximum atomic E-state index is 14.2. The van der Waals surface area contributed by atoms with Crippen LogP contribution in [0.15, 0.2) is 47.5 Å². The van der Waals surface area contributed by atoms with E-state index >= 15 is 0 Å². The van der Waals surface area contributed by atoms with Gasteiger partial charge in [0.25, 0.3) is 0 Å². The van der Waals surface area contributed by atoms with Crippen LogP contribution in [0.4, 0.5) is 13.2 Å². The SMILES string of the molecule is C=C(C)C.CN1OC[C@@H](CCCO)Oc2ccc(-c3cc(F)cc(F)c3F)cc2CN=C1N. The summed E-state index contributed by atoms with van der Waals surface area (Å²) >= 11 is 0. The number of fused-ring (bicyclic) bond motifs is 1. The van der Waals surface area contributed by atoms with Gasteiger partial charge in [-0.2, -0.15) is 0 Å². The van der Waals surface area contributed by atoms with Gasteiger partial charge < -0.3 is 15.6 Å². The van der Waals surface area contributed by atoms with Gasteiger partial charge in [-0.1, -0.05) is 11.6 Å². The molecule has 0 radical (unpaired) electrons. The Morgan fingerprint density at radius 1 is 1.24 bits per heavy atom. The lowest BCUT2D eigenvalue weighted by molar-refractivity contribution is -0.110. The number of aliphatic hydroxyl groups is 1. The third-order valence-corrected chi connectivity index (χ3v) is 4.53. The van der Waals surface area contributed by atoms with Gasteiger partial charge in [0.1, 0.15) is 24.3 Å². The van der Waals surface area contributed by atoms with Crippen molar-refractivity contribution in [3.63, 3.8) is 0 Å². The predicted octanol–water partition coefficient (Wildman–Crippen LogP) is 4.56. The molecule has 33 heavy (non-hydrogen) atoms. The molecule has 180 valence electrons. The van der Waals surface area contributed by atoms with Gasteiger partial charge in [-0.15, -0.1) is 6.58 Å². The molecule has 1 atom stereocenters. The third kappa shape index (κ3) is 7.80. The Bertz CT molecular complexity index is 994. The molecule has 0 saturated carbocycles. The topological polar surface area (TPSA) is 80.3 Å². The Kier molecular flexibility index (Phi) is 9.74. The summed E-state index contributed by atoms with van der Waals surface area (Å²) in [6.45, 7) is 7.78. The van der Waals surface area contributed by atoms with Crippen molar-refractivity contribution < 1.29 is 27.9 Å². The Balaban J connectivity index is 0.000000890. The maximum Gasteiger partial charge on any atom is 0.215 e. The van der Waals surface area contributed by atoms with Gasteiger partial charge in [0, 0.05) is 30.8 Å². The summed E-state index contributed by atoms with van der Waals surface area (Å²) in [5, 5.41) is 10.4. The van der Waals surface area contributed by atoms with E-state index in [1.807, 2.05) is 13.8 Å². The van der Waals surface area contributed by atoms with Crippen LogP contribution in [-0.2, 0) is 11.4 Å². The molecule has 0 aromatic heterocycles. The number of ether oxygens (including phenoxy) is 1. The molecule has 0 amide bonds. The lowest BCUT2D eigenvalue weighted by Gasteiger charge is -2.26. The third-order valence-electron chi connectivity index (χ3n) is 4.53. The highest BCUT2D eigenvalue weighted by molar-refractivity contribution is 5.77. The van der Waals surface area contributed by atoms with E-state index in [4.69, 9.17) is 20.4 Å². The van der Waals surface area contributed by atoms with Crippen molar-refractivity contribution in [2.45, 2.75) is 39.3 Å². The average molecular weight is 466 g/mol.